The Balaban J connectivity index is 1.41. The summed E-state index contributed by atoms with van der Waals surface area (Å²) < 4.78 is 2.04. The zero-order valence-electron chi connectivity index (χ0n) is 16.6. The summed E-state index contributed by atoms with van der Waals surface area (Å²) in [5, 5.41) is 2.78. The molecule has 0 aliphatic heterocycles. The first kappa shape index (κ1) is 19.1. The molecule has 0 unspecified atom stereocenters. The highest BCUT2D eigenvalue weighted by Crippen LogP contribution is 2.33. The molecule has 2 aromatic heterocycles. The first-order valence-corrected chi connectivity index (χ1v) is 9.81. The lowest BCUT2D eigenvalue weighted by atomic mass is 9.75. The molecule has 2 heterocycles. The molecule has 1 aliphatic rings. The van der Waals surface area contributed by atoms with Gasteiger partial charge in [-0.05, 0) is 36.5 Å². The van der Waals surface area contributed by atoms with Gasteiger partial charge in [-0.2, -0.15) is 0 Å². The highest BCUT2D eigenvalue weighted by atomic mass is 16.2. The molecule has 1 aliphatic carbocycles. The summed E-state index contributed by atoms with van der Waals surface area (Å²) in [7, 11) is 0. The van der Waals surface area contributed by atoms with E-state index >= 15 is 0 Å². The number of amides is 1. The Hall–Kier alpha value is -3.22. The van der Waals surface area contributed by atoms with Crippen molar-refractivity contribution in [3.05, 3.63) is 63.8 Å². The molecule has 7 nitrogen and oxygen atoms in total. The van der Waals surface area contributed by atoms with Crippen LogP contribution in [0.5, 0.6) is 0 Å². The number of H-pyrrole nitrogens is 1. The van der Waals surface area contributed by atoms with Gasteiger partial charge in [-0.3, -0.25) is 14.4 Å². The number of hydrogen-bond acceptors (Lipinski definition) is 4. The Morgan fingerprint density at radius 3 is 2.86 bits per heavy atom. The third kappa shape index (κ3) is 3.85. The Labute approximate surface area is 168 Å². The number of imidazole rings is 1. The van der Waals surface area contributed by atoms with Crippen molar-refractivity contribution >= 4 is 22.7 Å². The molecule has 0 atom stereocenters. The molecule has 2 N–H and O–H groups in total. The van der Waals surface area contributed by atoms with Gasteiger partial charge >= 0.3 is 0 Å². The van der Waals surface area contributed by atoms with Crippen molar-refractivity contribution in [2.45, 2.75) is 39.7 Å². The van der Waals surface area contributed by atoms with Crippen LogP contribution in [0.3, 0.4) is 0 Å². The number of Topliss-reactive ketones (excluding diaryl/α,β-unsaturated/α-hetero) is 1. The molecular weight excluding hydrogens is 368 g/mol. The topological polar surface area (TPSA) is 96.8 Å². The van der Waals surface area contributed by atoms with Gasteiger partial charge in [-0.25, -0.2) is 4.98 Å². The number of hydrogen-bond donors (Lipinski definition) is 2. The third-order valence-electron chi connectivity index (χ3n) is 5.35. The molecule has 0 radical (unpaired) electrons. The van der Waals surface area contributed by atoms with Gasteiger partial charge < -0.3 is 14.9 Å². The highest BCUT2D eigenvalue weighted by molar-refractivity contribution is 6.02. The molecule has 7 heteroatoms. The fraction of sp³-hybridized carbons (Fsp3) is 0.364. The lowest BCUT2D eigenvalue weighted by Crippen LogP contribution is -2.35. The summed E-state index contributed by atoms with van der Waals surface area (Å²) in [5.74, 6) is -0.490. The van der Waals surface area contributed by atoms with E-state index in [0.29, 0.717) is 43.6 Å². The maximum Gasteiger partial charge on any atom is 0.261 e. The minimum Gasteiger partial charge on any atom is -0.352 e. The number of fused-ring (bicyclic) bond motifs is 2. The van der Waals surface area contributed by atoms with Gasteiger partial charge in [0.05, 0.1) is 17.4 Å². The molecule has 0 saturated carbocycles. The number of benzene rings is 1. The maximum absolute atomic E-state index is 12.5. The van der Waals surface area contributed by atoms with Gasteiger partial charge in [0.25, 0.3) is 11.5 Å². The Morgan fingerprint density at radius 2 is 2.03 bits per heavy atom. The zero-order valence-corrected chi connectivity index (χ0v) is 16.6. The van der Waals surface area contributed by atoms with Crippen LogP contribution >= 0.6 is 0 Å². The largest absolute Gasteiger partial charge is 0.352 e. The maximum atomic E-state index is 12.5. The number of rotatable bonds is 5. The van der Waals surface area contributed by atoms with Crippen molar-refractivity contribution in [3.8, 4) is 0 Å². The molecule has 0 saturated heterocycles. The van der Waals surface area contributed by atoms with Crippen molar-refractivity contribution in [2.75, 3.05) is 6.54 Å². The Kier molecular flexibility index (Phi) is 4.82. The van der Waals surface area contributed by atoms with Gasteiger partial charge in [0.2, 0.25) is 0 Å². The number of carbonyl (C=O) groups excluding carboxylic acids is 2. The van der Waals surface area contributed by atoms with E-state index in [-0.39, 0.29) is 16.8 Å². The third-order valence-corrected chi connectivity index (χ3v) is 5.35. The molecule has 1 aromatic carbocycles. The second-order valence-electron chi connectivity index (χ2n) is 8.38. The monoisotopic (exact) mass is 392 g/mol. The van der Waals surface area contributed by atoms with E-state index in [1.807, 2.05) is 42.7 Å². The molecule has 4 rings (SSSR count). The van der Waals surface area contributed by atoms with Crippen LogP contribution in [0.25, 0.3) is 11.0 Å². The number of ketones is 1. The zero-order chi connectivity index (χ0) is 20.6. The number of pyridine rings is 1. The summed E-state index contributed by atoms with van der Waals surface area (Å²) >= 11 is 0. The quantitative estimate of drug-likeness (QED) is 0.653. The predicted molar refractivity (Wildman–Crippen MR) is 110 cm³/mol. The molecule has 0 bridgehead atoms. The SMILES string of the molecule is CC1(C)CC(=O)c2cc(C(=O)NCCCn3cnc4ccccc43)c(=O)[nH]c2C1. The van der Waals surface area contributed by atoms with Gasteiger partial charge in [-0.15, -0.1) is 0 Å². The molecule has 3 aromatic rings. The summed E-state index contributed by atoms with van der Waals surface area (Å²) in [5.41, 5.74) is 2.42. The predicted octanol–water partition coefficient (Wildman–Crippen LogP) is 2.70. The number of aromatic amines is 1. The molecule has 150 valence electrons. The van der Waals surface area contributed by atoms with Crippen LogP contribution in [0.2, 0.25) is 0 Å². The van der Waals surface area contributed by atoms with E-state index in [1.165, 1.54) is 6.07 Å². The van der Waals surface area contributed by atoms with E-state index in [9.17, 15) is 14.4 Å². The van der Waals surface area contributed by atoms with Gasteiger partial charge in [0.15, 0.2) is 5.78 Å². The molecular formula is C22H24N4O3. The smallest absolute Gasteiger partial charge is 0.261 e. The van der Waals surface area contributed by atoms with Crippen LogP contribution in [-0.2, 0) is 13.0 Å². The van der Waals surface area contributed by atoms with Crippen LogP contribution in [0.15, 0.2) is 41.5 Å². The standard InChI is InChI=1S/C22H24N4O3/c1-22(2)11-17-14(19(27)12-22)10-15(21(29)25-17)20(28)23-8-5-9-26-13-24-16-6-3-4-7-18(16)26/h3-4,6-7,10,13H,5,8-9,11-12H2,1-2H3,(H,23,28)(H,25,29). The fourth-order valence-corrected chi connectivity index (χ4v) is 3.93. The fourth-order valence-electron chi connectivity index (χ4n) is 3.93. The average molecular weight is 392 g/mol. The van der Waals surface area contributed by atoms with Gasteiger partial charge in [-0.1, -0.05) is 26.0 Å². The second kappa shape index (κ2) is 7.31. The number of nitrogens with zero attached hydrogens (tertiary/aromatic N) is 2. The normalized spacial score (nSPS) is 15.3. The number of nitrogens with one attached hydrogen (secondary N) is 2. The van der Waals surface area contributed by atoms with Crippen molar-refractivity contribution in [1.29, 1.82) is 0 Å². The number of aromatic nitrogens is 3. The minimum atomic E-state index is -0.456. The number of para-hydroxylation sites is 2. The summed E-state index contributed by atoms with van der Waals surface area (Å²) in [4.78, 5) is 44.4. The number of aryl methyl sites for hydroxylation is 1. The lowest BCUT2D eigenvalue weighted by Gasteiger charge is -2.29. The second-order valence-corrected chi connectivity index (χ2v) is 8.38. The van der Waals surface area contributed by atoms with E-state index < -0.39 is 11.5 Å². The first-order valence-electron chi connectivity index (χ1n) is 9.81. The van der Waals surface area contributed by atoms with Crippen LogP contribution in [0, 0.1) is 5.41 Å². The average Bonchev–Trinajstić information content (AvgIpc) is 3.07. The molecule has 1 amide bonds. The first-order chi connectivity index (χ1) is 13.8. The van der Waals surface area contributed by atoms with Crippen LogP contribution < -0.4 is 10.9 Å². The van der Waals surface area contributed by atoms with Crippen LogP contribution in [-0.4, -0.2) is 32.8 Å². The van der Waals surface area contributed by atoms with Crippen molar-refractivity contribution in [3.63, 3.8) is 0 Å². The molecule has 0 spiro atoms. The van der Waals surface area contributed by atoms with Crippen molar-refractivity contribution in [2.24, 2.45) is 5.41 Å². The minimum absolute atomic E-state index is 0.00936. The van der Waals surface area contributed by atoms with Crippen molar-refractivity contribution in [1.82, 2.24) is 19.9 Å². The van der Waals surface area contributed by atoms with E-state index in [4.69, 9.17) is 0 Å². The van der Waals surface area contributed by atoms with Crippen LogP contribution in [0.1, 0.15) is 53.1 Å². The van der Waals surface area contributed by atoms with Gasteiger partial charge in [0, 0.05) is 30.8 Å². The Bertz CT molecular complexity index is 1160. The van der Waals surface area contributed by atoms with E-state index in [0.717, 1.165) is 11.0 Å². The van der Waals surface area contributed by atoms with Crippen molar-refractivity contribution < 1.29 is 9.59 Å². The molecule has 29 heavy (non-hydrogen) atoms. The van der Waals surface area contributed by atoms with E-state index in [2.05, 4.69) is 15.3 Å². The summed E-state index contributed by atoms with van der Waals surface area (Å²) in [6.45, 7) is 5.12. The summed E-state index contributed by atoms with van der Waals surface area (Å²) in [6.07, 6.45) is 3.51. The summed E-state index contributed by atoms with van der Waals surface area (Å²) in [6, 6.07) is 9.32. The Morgan fingerprint density at radius 1 is 1.24 bits per heavy atom. The lowest BCUT2D eigenvalue weighted by molar-refractivity contribution is 0.0910. The number of carbonyl (C=O) groups is 2. The highest BCUT2D eigenvalue weighted by Gasteiger charge is 2.32. The van der Waals surface area contributed by atoms with Crippen LogP contribution in [0.4, 0.5) is 0 Å². The molecule has 0 fully saturated rings. The van der Waals surface area contributed by atoms with E-state index in [1.54, 1.807) is 6.33 Å². The van der Waals surface area contributed by atoms with Gasteiger partial charge in [0.1, 0.15) is 5.56 Å².